The fourth-order valence-electron chi connectivity index (χ4n) is 0.677. The van der Waals surface area contributed by atoms with Crippen LogP contribution < -0.4 is 5.73 Å². The van der Waals surface area contributed by atoms with Crippen LogP contribution in [0, 0.1) is 11.8 Å². The second-order valence-electron chi connectivity index (χ2n) is 2.03. The lowest BCUT2D eigenvalue weighted by Gasteiger charge is -1.95. The maximum absolute atomic E-state index is 5.63. The summed E-state index contributed by atoms with van der Waals surface area (Å²) in [7, 11) is 0. The average Bonchev–Trinajstić information content (AvgIpc) is 2.03. The van der Waals surface area contributed by atoms with Gasteiger partial charge in [0.15, 0.2) is 0 Å². The van der Waals surface area contributed by atoms with E-state index in [1.165, 1.54) is 6.20 Å². The second-order valence-corrected chi connectivity index (χ2v) is 2.73. The molecule has 0 saturated carbocycles. The number of nitrogen functional groups attached to an aromatic ring is 1. The zero-order valence-electron chi connectivity index (χ0n) is 6.14. The molecule has 0 aromatic carbocycles. The molecule has 2 N–H and O–H groups in total. The number of aromatic nitrogens is 1. The Balaban J connectivity index is 3.01. The molecular weight excluding hydrogens is 195 g/mol. The maximum atomic E-state index is 5.63. The Kier molecular flexibility index (Phi) is 3.21. The van der Waals surface area contributed by atoms with Crippen LogP contribution in [-0.2, 0) is 0 Å². The Hall–Kier alpha value is -0.910. The minimum atomic E-state index is 0.268. The van der Waals surface area contributed by atoms with Crippen molar-refractivity contribution in [3.63, 3.8) is 0 Å². The van der Waals surface area contributed by atoms with E-state index in [2.05, 4.69) is 16.8 Å². The zero-order chi connectivity index (χ0) is 8.97. The van der Waals surface area contributed by atoms with Crippen LogP contribution in [0.1, 0.15) is 5.69 Å². The largest absolute Gasteiger partial charge is 0.396 e. The number of hydrogen-bond donors (Lipinski definition) is 1. The molecule has 1 heterocycles. The van der Waals surface area contributed by atoms with Gasteiger partial charge in [-0.25, -0.2) is 4.98 Å². The fraction of sp³-hybridized carbons (Fsp3) is 0.125. The highest BCUT2D eigenvalue weighted by Crippen LogP contribution is 2.13. The lowest BCUT2D eigenvalue weighted by atomic mass is 10.3. The summed E-state index contributed by atoms with van der Waals surface area (Å²) < 4.78 is 0. The van der Waals surface area contributed by atoms with Crippen molar-refractivity contribution in [1.82, 2.24) is 4.98 Å². The van der Waals surface area contributed by atoms with Crippen molar-refractivity contribution < 1.29 is 0 Å². The normalized spacial score (nSPS) is 8.83. The van der Waals surface area contributed by atoms with E-state index in [0.29, 0.717) is 16.4 Å². The van der Waals surface area contributed by atoms with Crippen LogP contribution in [0.15, 0.2) is 12.3 Å². The van der Waals surface area contributed by atoms with E-state index in [4.69, 9.17) is 28.9 Å². The maximum Gasteiger partial charge on any atom is 0.136 e. The molecule has 1 rings (SSSR count). The van der Waals surface area contributed by atoms with Crippen molar-refractivity contribution in [2.75, 3.05) is 11.6 Å². The van der Waals surface area contributed by atoms with Gasteiger partial charge in [-0.1, -0.05) is 17.5 Å². The van der Waals surface area contributed by atoms with E-state index in [1.54, 1.807) is 6.07 Å². The summed E-state index contributed by atoms with van der Waals surface area (Å²) in [5, 5.41) is 0.504. The monoisotopic (exact) mass is 200 g/mol. The number of rotatable bonds is 0. The number of nitrogens with zero attached hydrogens (tertiary/aromatic N) is 1. The minimum absolute atomic E-state index is 0.268. The van der Waals surface area contributed by atoms with Gasteiger partial charge in [-0.05, 0) is 12.0 Å². The molecule has 0 spiro atoms. The molecule has 0 bridgehead atoms. The van der Waals surface area contributed by atoms with Crippen molar-refractivity contribution in [1.29, 1.82) is 0 Å². The molecule has 0 amide bonds. The van der Waals surface area contributed by atoms with Gasteiger partial charge >= 0.3 is 0 Å². The Bertz CT molecular complexity index is 339. The third-order valence-corrected chi connectivity index (χ3v) is 1.50. The third kappa shape index (κ3) is 2.30. The lowest BCUT2D eigenvalue weighted by molar-refractivity contribution is 1.29. The van der Waals surface area contributed by atoms with Crippen LogP contribution in [0.2, 0.25) is 5.02 Å². The van der Waals surface area contributed by atoms with Gasteiger partial charge in [0.05, 0.1) is 16.6 Å². The number of alkyl halides is 1. The molecule has 0 radical (unpaired) electrons. The van der Waals surface area contributed by atoms with Crippen molar-refractivity contribution >= 4 is 28.9 Å². The molecule has 1 aromatic rings. The summed E-state index contributed by atoms with van der Waals surface area (Å²) in [6.45, 7) is 0. The van der Waals surface area contributed by atoms with Gasteiger partial charge in [-0.2, -0.15) is 0 Å². The number of halogens is 2. The van der Waals surface area contributed by atoms with Gasteiger partial charge in [0.1, 0.15) is 5.69 Å². The number of anilines is 1. The minimum Gasteiger partial charge on any atom is -0.396 e. The smallest absolute Gasteiger partial charge is 0.136 e. The molecule has 62 valence electrons. The van der Waals surface area contributed by atoms with E-state index in [9.17, 15) is 0 Å². The first-order valence-corrected chi connectivity index (χ1v) is 4.11. The molecule has 12 heavy (non-hydrogen) atoms. The van der Waals surface area contributed by atoms with Gasteiger partial charge < -0.3 is 5.73 Å². The molecule has 2 nitrogen and oxygen atoms in total. The highest BCUT2D eigenvalue weighted by molar-refractivity contribution is 6.30. The number of hydrogen-bond acceptors (Lipinski definition) is 2. The van der Waals surface area contributed by atoms with Gasteiger partial charge in [0, 0.05) is 6.20 Å². The summed E-state index contributed by atoms with van der Waals surface area (Å²) in [5.41, 5.74) is 6.56. The van der Waals surface area contributed by atoms with Gasteiger partial charge in [-0.15, -0.1) is 11.6 Å². The van der Waals surface area contributed by atoms with Crippen LogP contribution in [0.3, 0.4) is 0 Å². The average molecular weight is 201 g/mol. The molecule has 0 aliphatic carbocycles. The van der Waals surface area contributed by atoms with Gasteiger partial charge in [-0.3, -0.25) is 0 Å². The van der Waals surface area contributed by atoms with E-state index < -0.39 is 0 Å². The quantitative estimate of drug-likeness (QED) is 0.514. The van der Waals surface area contributed by atoms with Crippen molar-refractivity contribution in [2.45, 2.75) is 0 Å². The standard InChI is InChI=1S/C8H6Cl2N2/c9-3-1-2-8-7(11)4-6(10)5-12-8/h4-5H,3,11H2. The van der Waals surface area contributed by atoms with Crippen LogP contribution in [0.5, 0.6) is 0 Å². The third-order valence-electron chi connectivity index (χ3n) is 1.16. The van der Waals surface area contributed by atoms with E-state index in [-0.39, 0.29) is 5.88 Å². The Morgan fingerprint density at radius 2 is 2.33 bits per heavy atom. The summed E-state index contributed by atoms with van der Waals surface area (Å²) >= 11 is 11.0. The first kappa shape index (κ1) is 9.18. The summed E-state index contributed by atoms with van der Waals surface area (Å²) in [6.07, 6.45) is 1.50. The predicted octanol–water partition coefficient (Wildman–Crippen LogP) is 1.91. The molecule has 0 aliphatic rings. The van der Waals surface area contributed by atoms with Crippen LogP contribution >= 0.6 is 23.2 Å². The molecule has 0 aliphatic heterocycles. The van der Waals surface area contributed by atoms with Gasteiger partial charge in [0.2, 0.25) is 0 Å². The summed E-state index contributed by atoms with van der Waals surface area (Å²) in [4.78, 5) is 3.93. The van der Waals surface area contributed by atoms with E-state index >= 15 is 0 Å². The first-order chi connectivity index (χ1) is 5.74. The fourth-order valence-corrected chi connectivity index (χ4v) is 0.910. The van der Waals surface area contributed by atoms with Crippen LogP contribution in [0.25, 0.3) is 0 Å². The van der Waals surface area contributed by atoms with Crippen molar-refractivity contribution in [3.05, 3.63) is 23.0 Å². The summed E-state index contributed by atoms with van der Waals surface area (Å²) in [5.74, 6) is 5.64. The topological polar surface area (TPSA) is 38.9 Å². The highest BCUT2D eigenvalue weighted by atomic mass is 35.5. The molecule has 0 fully saturated rings. The van der Waals surface area contributed by atoms with Crippen molar-refractivity contribution in [2.24, 2.45) is 0 Å². The van der Waals surface area contributed by atoms with Crippen LogP contribution in [0.4, 0.5) is 5.69 Å². The molecule has 4 heteroatoms. The Morgan fingerprint density at radius 1 is 1.58 bits per heavy atom. The molecule has 0 unspecified atom stereocenters. The Morgan fingerprint density at radius 3 is 2.92 bits per heavy atom. The molecule has 1 aromatic heterocycles. The predicted molar refractivity (Wildman–Crippen MR) is 51.3 cm³/mol. The number of pyridine rings is 1. The highest BCUT2D eigenvalue weighted by Gasteiger charge is 1.96. The van der Waals surface area contributed by atoms with Crippen LogP contribution in [-0.4, -0.2) is 10.9 Å². The van der Waals surface area contributed by atoms with E-state index in [0.717, 1.165) is 0 Å². The lowest BCUT2D eigenvalue weighted by Crippen LogP contribution is -1.92. The molecule has 0 saturated heterocycles. The van der Waals surface area contributed by atoms with Crippen molar-refractivity contribution in [3.8, 4) is 11.8 Å². The molecule has 0 atom stereocenters. The number of nitrogens with two attached hydrogens (primary N) is 1. The SMILES string of the molecule is Nc1cc(Cl)cnc1C#CCCl. The Labute approximate surface area is 80.7 Å². The zero-order valence-corrected chi connectivity index (χ0v) is 7.65. The second kappa shape index (κ2) is 4.20. The summed E-state index contributed by atoms with van der Waals surface area (Å²) in [6, 6.07) is 1.60. The van der Waals surface area contributed by atoms with Gasteiger partial charge in [0.25, 0.3) is 0 Å². The van der Waals surface area contributed by atoms with E-state index in [1.807, 2.05) is 0 Å². The first-order valence-electron chi connectivity index (χ1n) is 3.20. The molecular formula is C8H6Cl2N2.